The van der Waals surface area contributed by atoms with Gasteiger partial charge in [-0.2, -0.15) is 15.8 Å². The number of nitriles is 3. The molecule has 0 bridgehead atoms. The fourth-order valence-corrected chi connectivity index (χ4v) is 4.42. The van der Waals surface area contributed by atoms with Crippen molar-refractivity contribution in [2.75, 3.05) is 29.2 Å². The van der Waals surface area contributed by atoms with Gasteiger partial charge in [0.1, 0.15) is 29.3 Å². The molecule has 8 nitrogen and oxygen atoms in total. The molecule has 0 radical (unpaired) electrons. The zero-order valence-electron chi connectivity index (χ0n) is 12.4. The number of hydrogen-bond acceptors (Lipinski definition) is 8. The van der Waals surface area contributed by atoms with Gasteiger partial charge in [-0.3, -0.25) is 0 Å². The van der Waals surface area contributed by atoms with Gasteiger partial charge in [-0.05, 0) is 6.42 Å². The average Bonchev–Trinajstić information content (AvgIpc) is 2.86. The topological polar surface area (TPSA) is 148 Å². The first-order chi connectivity index (χ1) is 10.8. The van der Waals surface area contributed by atoms with E-state index in [1.807, 2.05) is 18.2 Å². The maximum Gasteiger partial charge on any atom is 0.152 e. The second-order valence-corrected chi connectivity index (χ2v) is 7.50. The van der Waals surface area contributed by atoms with Crippen LogP contribution in [0.1, 0.15) is 23.1 Å². The summed E-state index contributed by atoms with van der Waals surface area (Å²) in [6.45, 7) is 0. The molecule has 0 saturated carbocycles. The van der Waals surface area contributed by atoms with Gasteiger partial charge in [0.05, 0.1) is 29.6 Å². The second-order valence-electron chi connectivity index (χ2n) is 5.28. The smallest absolute Gasteiger partial charge is 0.152 e. The number of aromatic nitrogens is 1. The third-order valence-electron chi connectivity index (χ3n) is 3.88. The first kappa shape index (κ1) is 16.5. The van der Waals surface area contributed by atoms with Crippen LogP contribution in [0.5, 0.6) is 0 Å². The Balaban J connectivity index is 2.58. The highest BCUT2D eigenvalue weighted by Gasteiger charge is 2.33. The summed E-state index contributed by atoms with van der Waals surface area (Å²) in [5, 5.41) is 27.5. The Hall–Kier alpha value is -2.83. The van der Waals surface area contributed by atoms with Crippen molar-refractivity contribution in [1.29, 1.82) is 15.8 Å². The summed E-state index contributed by atoms with van der Waals surface area (Å²) < 4.78 is 23.3. The van der Waals surface area contributed by atoms with Gasteiger partial charge in [-0.1, -0.05) is 0 Å². The van der Waals surface area contributed by atoms with Crippen LogP contribution in [0, 0.1) is 34.0 Å². The summed E-state index contributed by atoms with van der Waals surface area (Å²) in [4.78, 5) is 5.70. The van der Waals surface area contributed by atoms with E-state index in [0.29, 0.717) is 6.42 Å². The zero-order valence-corrected chi connectivity index (χ0v) is 13.3. The third kappa shape index (κ3) is 3.03. The highest BCUT2D eigenvalue weighted by atomic mass is 32.2. The Morgan fingerprint density at radius 1 is 1.30 bits per heavy atom. The molecule has 1 aromatic rings. The third-order valence-corrected chi connectivity index (χ3v) is 5.63. The van der Waals surface area contributed by atoms with E-state index >= 15 is 0 Å². The van der Waals surface area contributed by atoms with Crippen LogP contribution in [0.15, 0.2) is 0 Å². The number of anilines is 2. The van der Waals surface area contributed by atoms with Crippen LogP contribution in [0.3, 0.4) is 0 Å². The van der Waals surface area contributed by atoms with E-state index in [9.17, 15) is 18.9 Å². The molecule has 1 aliphatic heterocycles. The summed E-state index contributed by atoms with van der Waals surface area (Å²) in [5.74, 6) is 0.195. The van der Waals surface area contributed by atoms with Gasteiger partial charge in [0, 0.05) is 18.7 Å². The molecule has 0 amide bonds. The van der Waals surface area contributed by atoms with Crippen LogP contribution in [-0.2, 0) is 16.3 Å². The minimum Gasteiger partial charge on any atom is -0.383 e. The quantitative estimate of drug-likeness (QED) is 0.820. The molecular formula is C14H14N6O2S. The van der Waals surface area contributed by atoms with E-state index in [2.05, 4.69) is 4.98 Å². The number of nitrogen functional groups attached to an aromatic ring is 1. The van der Waals surface area contributed by atoms with Crippen LogP contribution in [0.4, 0.5) is 11.6 Å². The van der Waals surface area contributed by atoms with Crippen molar-refractivity contribution < 1.29 is 8.42 Å². The lowest BCUT2D eigenvalue weighted by Crippen LogP contribution is -2.34. The lowest BCUT2D eigenvalue weighted by molar-refractivity contribution is 0.600. The molecule has 0 spiro atoms. The van der Waals surface area contributed by atoms with Gasteiger partial charge in [-0.15, -0.1) is 0 Å². The predicted molar refractivity (Wildman–Crippen MR) is 82.9 cm³/mol. The SMILES string of the molecule is CN(c1nc(N)c(C#N)c(CC#N)c1C#N)[C@@H]1CCS(=O)(=O)C1. The minimum absolute atomic E-state index is 0.0132. The van der Waals surface area contributed by atoms with E-state index in [4.69, 9.17) is 11.0 Å². The first-order valence-electron chi connectivity index (χ1n) is 6.77. The molecule has 23 heavy (non-hydrogen) atoms. The van der Waals surface area contributed by atoms with E-state index < -0.39 is 9.84 Å². The average molecular weight is 330 g/mol. The number of sulfone groups is 1. The molecule has 2 rings (SSSR count). The van der Waals surface area contributed by atoms with E-state index in [1.165, 1.54) is 0 Å². The van der Waals surface area contributed by atoms with Crippen molar-refractivity contribution in [2.45, 2.75) is 18.9 Å². The summed E-state index contributed by atoms with van der Waals surface area (Å²) in [6, 6.07) is 5.42. The molecule has 1 aliphatic rings. The molecule has 0 aromatic carbocycles. The largest absolute Gasteiger partial charge is 0.383 e. The summed E-state index contributed by atoms with van der Waals surface area (Å²) >= 11 is 0. The Bertz CT molecular complexity index is 872. The minimum atomic E-state index is -3.10. The molecular weight excluding hydrogens is 316 g/mol. The van der Waals surface area contributed by atoms with Gasteiger partial charge in [0.25, 0.3) is 0 Å². The van der Waals surface area contributed by atoms with Crippen molar-refractivity contribution in [2.24, 2.45) is 0 Å². The van der Waals surface area contributed by atoms with Crippen LogP contribution in [0.25, 0.3) is 0 Å². The highest BCUT2D eigenvalue weighted by Crippen LogP contribution is 2.30. The number of nitrogens with two attached hydrogens (primary N) is 1. The molecule has 1 aromatic heterocycles. The molecule has 1 saturated heterocycles. The first-order valence-corrected chi connectivity index (χ1v) is 8.59. The predicted octanol–water partition coefficient (Wildman–Crippen LogP) is 0.0965. The Labute approximate surface area is 134 Å². The Kier molecular flexibility index (Phi) is 4.40. The summed E-state index contributed by atoms with van der Waals surface area (Å²) in [6.07, 6.45) is 0.279. The van der Waals surface area contributed by atoms with E-state index in [-0.39, 0.29) is 52.3 Å². The number of hydrogen-bond donors (Lipinski definition) is 1. The molecule has 2 heterocycles. The monoisotopic (exact) mass is 330 g/mol. The van der Waals surface area contributed by atoms with Gasteiger partial charge < -0.3 is 10.6 Å². The summed E-state index contributed by atoms with van der Waals surface area (Å²) in [7, 11) is -1.46. The van der Waals surface area contributed by atoms with Gasteiger partial charge in [0.2, 0.25) is 0 Å². The fraction of sp³-hybridized carbons (Fsp3) is 0.429. The van der Waals surface area contributed by atoms with Crippen molar-refractivity contribution in [3.63, 3.8) is 0 Å². The number of nitrogens with zero attached hydrogens (tertiary/aromatic N) is 5. The van der Waals surface area contributed by atoms with Crippen molar-refractivity contribution in [1.82, 2.24) is 4.98 Å². The maximum atomic E-state index is 11.6. The lowest BCUT2D eigenvalue weighted by atomic mass is 10.0. The van der Waals surface area contributed by atoms with Gasteiger partial charge in [0.15, 0.2) is 9.84 Å². The maximum absolute atomic E-state index is 11.6. The molecule has 1 fully saturated rings. The number of pyridine rings is 1. The highest BCUT2D eigenvalue weighted by molar-refractivity contribution is 7.91. The van der Waals surface area contributed by atoms with Gasteiger partial charge in [-0.25, -0.2) is 13.4 Å². The zero-order chi connectivity index (χ0) is 17.2. The molecule has 0 unspecified atom stereocenters. The second kappa shape index (κ2) is 6.12. The van der Waals surface area contributed by atoms with Crippen molar-refractivity contribution in [3.8, 4) is 18.2 Å². The molecule has 118 valence electrons. The van der Waals surface area contributed by atoms with E-state index in [1.54, 1.807) is 11.9 Å². The van der Waals surface area contributed by atoms with Gasteiger partial charge >= 0.3 is 0 Å². The fourth-order valence-electron chi connectivity index (χ4n) is 2.65. The van der Waals surface area contributed by atoms with E-state index in [0.717, 1.165) is 0 Å². The lowest BCUT2D eigenvalue weighted by Gasteiger charge is -2.26. The van der Waals surface area contributed by atoms with Crippen LogP contribution in [-0.4, -0.2) is 38.0 Å². The van der Waals surface area contributed by atoms with Crippen LogP contribution >= 0.6 is 0 Å². The molecule has 0 aliphatic carbocycles. The Morgan fingerprint density at radius 3 is 2.43 bits per heavy atom. The van der Waals surface area contributed by atoms with Crippen LogP contribution < -0.4 is 10.6 Å². The van der Waals surface area contributed by atoms with Crippen LogP contribution in [0.2, 0.25) is 0 Å². The normalized spacial score (nSPS) is 18.6. The van der Waals surface area contributed by atoms with Crippen molar-refractivity contribution >= 4 is 21.5 Å². The number of rotatable bonds is 3. The molecule has 2 N–H and O–H groups in total. The van der Waals surface area contributed by atoms with Crippen molar-refractivity contribution in [3.05, 3.63) is 16.7 Å². The summed E-state index contributed by atoms with van der Waals surface area (Å²) in [5.41, 5.74) is 6.11. The molecule has 1 atom stereocenters. The standard InChI is InChI=1S/C14H14N6O2S/c1-20(9-3-5-23(21,22)8-9)14-12(7-17)10(2-4-15)11(6-16)13(18)19-14/h9H,2-3,5,8H2,1H3,(H2,18,19)/t9-/m1/s1. The Morgan fingerprint density at radius 2 is 1.96 bits per heavy atom. The molecule has 9 heteroatoms.